The smallest absolute Gasteiger partial charge is 0.333 e. The lowest BCUT2D eigenvalue weighted by atomic mass is 10.4. The summed E-state index contributed by atoms with van der Waals surface area (Å²) < 4.78 is 18.5. The van der Waals surface area contributed by atoms with Crippen LogP contribution in [0.25, 0.3) is 0 Å². The van der Waals surface area contributed by atoms with Crippen LogP contribution in [-0.4, -0.2) is 62.7 Å². The average Bonchev–Trinajstić information content (AvgIpc) is 3.44. The quantitative estimate of drug-likeness (QED) is 0.221. The minimum absolute atomic E-state index is 0.0451. The van der Waals surface area contributed by atoms with Crippen molar-refractivity contribution in [2.45, 2.75) is 33.3 Å². The monoisotopic (exact) mass is 386 g/mol. The van der Waals surface area contributed by atoms with E-state index in [1.807, 2.05) is 0 Å². The highest BCUT2D eigenvalue weighted by molar-refractivity contribution is 5.87. The second kappa shape index (κ2) is 15.8. The Morgan fingerprint density at radius 2 is 1.41 bits per heavy atom. The van der Waals surface area contributed by atoms with E-state index in [2.05, 4.69) is 29.2 Å². The molecule has 1 aliphatic heterocycles. The lowest BCUT2D eigenvalue weighted by molar-refractivity contribution is -0.140. The highest BCUT2D eigenvalue weighted by Crippen LogP contribution is 2.09. The number of epoxide rings is 1. The highest BCUT2D eigenvalue weighted by atomic mass is 16.6. The van der Waals surface area contributed by atoms with Gasteiger partial charge < -0.3 is 24.1 Å². The van der Waals surface area contributed by atoms with Gasteiger partial charge in [0.05, 0.1) is 20.3 Å². The molecule has 154 valence electrons. The van der Waals surface area contributed by atoms with Crippen molar-refractivity contribution in [2.75, 3.05) is 33.5 Å². The minimum Gasteiger partial charge on any atom is -0.466 e. The molecule has 0 spiro atoms. The summed E-state index contributed by atoms with van der Waals surface area (Å²) in [6.45, 7) is 16.4. The van der Waals surface area contributed by atoms with Crippen molar-refractivity contribution in [3.8, 4) is 0 Å². The maximum absolute atomic E-state index is 10.7. The first-order chi connectivity index (χ1) is 12.6. The van der Waals surface area contributed by atoms with Gasteiger partial charge in [-0.05, 0) is 20.8 Å². The number of hydrogen-bond acceptors (Lipinski definition) is 8. The van der Waals surface area contributed by atoms with Gasteiger partial charge in [0.15, 0.2) is 0 Å². The third-order valence-corrected chi connectivity index (χ3v) is 2.57. The molecule has 27 heavy (non-hydrogen) atoms. The number of aliphatic hydroxyl groups excluding tert-OH is 1. The normalized spacial score (nSPS) is 13.4. The van der Waals surface area contributed by atoms with E-state index in [9.17, 15) is 14.4 Å². The standard InChI is InChI=1S/C7H10O3.C7H12O3.C5H8O2/c1-5(2)7(8)10-4-6-3-9-6;1-6(2)7(9)10-5-3-4-8;1-4(2)5(6)7-3/h6H,1,3-4H2,2H3;8H,1,3-5H2,2H3;1H2,2-3H3. The van der Waals surface area contributed by atoms with Crippen LogP contribution in [0.15, 0.2) is 36.5 Å². The summed E-state index contributed by atoms with van der Waals surface area (Å²) in [4.78, 5) is 31.5. The summed E-state index contributed by atoms with van der Waals surface area (Å²) in [5.41, 5.74) is 1.25. The number of carbonyl (C=O) groups excluding carboxylic acids is 3. The Bertz CT molecular complexity index is 532. The first-order valence-corrected chi connectivity index (χ1v) is 8.18. The van der Waals surface area contributed by atoms with E-state index >= 15 is 0 Å². The first kappa shape index (κ1) is 26.8. The first-order valence-electron chi connectivity index (χ1n) is 8.18. The van der Waals surface area contributed by atoms with Gasteiger partial charge in [0, 0.05) is 29.7 Å². The van der Waals surface area contributed by atoms with Gasteiger partial charge in [0.25, 0.3) is 0 Å². The largest absolute Gasteiger partial charge is 0.466 e. The second-order valence-corrected chi connectivity index (χ2v) is 5.60. The third-order valence-electron chi connectivity index (χ3n) is 2.57. The number of aliphatic hydroxyl groups is 1. The molecule has 0 amide bonds. The molecule has 0 aromatic heterocycles. The summed E-state index contributed by atoms with van der Waals surface area (Å²) in [5.74, 6) is -1.08. The van der Waals surface area contributed by atoms with Crippen molar-refractivity contribution in [3.05, 3.63) is 36.5 Å². The third kappa shape index (κ3) is 18.1. The van der Waals surface area contributed by atoms with Crippen LogP contribution in [-0.2, 0) is 33.3 Å². The highest BCUT2D eigenvalue weighted by Gasteiger charge is 2.24. The van der Waals surface area contributed by atoms with Gasteiger partial charge in [0.2, 0.25) is 0 Å². The number of esters is 3. The Labute approximate surface area is 160 Å². The van der Waals surface area contributed by atoms with Crippen LogP contribution >= 0.6 is 0 Å². The Hall–Kier alpha value is -2.45. The molecular weight excluding hydrogens is 356 g/mol. The SMILES string of the molecule is C=C(C)C(=O)OC.C=C(C)C(=O)OCC1CO1.C=C(C)C(=O)OCCCO. The molecular formula is C19H30O8. The fourth-order valence-corrected chi connectivity index (χ4v) is 0.983. The molecule has 0 bridgehead atoms. The van der Waals surface area contributed by atoms with E-state index in [4.69, 9.17) is 14.6 Å². The molecule has 1 rings (SSSR count). The van der Waals surface area contributed by atoms with Crippen LogP contribution in [0.1, 0.15) is 27.2 Å². The van der Waals surface area contributed by atoms with E-state index in [1.54, 1.807) is 20.8 Å². The van der Waals surface area contributed by atoms with Crippen molar-refractivity contribution >= 4 is 17.9 Å². The topological polar surface area (TPSA) is 112 Å². The number of carbonyl (C=O) groups is 3. The van der Waals surface area contributed by atoms with Crippen LogP contribution in [0.3, 0.4) is 0 Å². The summed E-state index contributed by atoms with van der Waals surface area (Å²) in [6.07, 6.45) is 0.627. The Morgan fingerprint density at radius 3 is 1.70 bits per heavy atom. The van der Waals surface area contributed by atoms with Crippen molar-refractivity contribution < 1.29 is 38.4 Å². The van der Waals surface area contributed by atoms with Crippen LogP contribution < -0.4 is 0 Å². The molecule has 0 saturated carbocycles. The van der Waals surface area contributed by atoms with E-state index in [0.717, 1.165) is 0 Å². The van der Waals surface area contributed by atoms with Gasteiger partial charge in [-0.25, -0.2) is 14.4 Å². The zero-order chi connectivity index (χ0) is 21.4. The van der Waals surface area contributed by atoms with Crippen LogP contribution in [0.5, 0.6) is 0 Å². The van der Waals surface area contributed by atoms with Crippen LogP contribution in [0, 0.1) is 0 Å². The molecule has 0 aliphatic carbocycles. The summed E-state index contributed by atoms with van der Waals surface area (Å²) in [6, 6.07) is 0. The van der Waals surface area contributed by atoms with Gasteiger partial charge in [-0.15, -0.1) is 0 Å². The van der Waals surface area contributed by atoms with E-state index in [1.165, 1.54) is 7.11 Å². The summed E-state index contributed by atoms with van der Waals surface area (Å²) in [7, 11) is 1.33. The van der Waals surface area contributed by atoms with E-state index in [0.29, 0.717) is 36.4 Å². The summed E-state index contributed by atoms with van der Waals surface area (Å²) in [5, 5.41) is 8.30. The lowest BCUT2D eigenvalue weighted by Crippen LogP contribution is -2.09. The predicted molar refractivity (Wildman–Crippen MR) is 99.8 cm³/mol. The van der Waals surface area contributed by atoms with Gasteiger partial charge in [-0.2, -0.15) is 0 Å². The van der Waals surface area contributed by atoms with E-state index in [-0.39, 0.29) is 31.3 Å². The lowest BCUT2D eigenvalue weighted by Gasteiger charge is -2.00. The Kier molecular flexibility index (Phi) is 15.6. The fourth-order valence-electron chi connectivity index (χ4n) is 0.983. The molecule has 8 heteroatoms. The molecule has 1 atom stereocenters. The van der Waals surface area contributed by atoms with Crippen molar-refractivity contribution in [1.29, 1.82) is 0 Å². The molecule has 1 aliphatic rings. The van der Waals surface area contributed by atoms with Crippen molar-refractivity contribution in [2.24, 2.45) is 0 Å². The number of methoxy groups -OCH3 is 1. The van der Waals surface area contributed by atoms with E-state index < -0.39 is 5.97 Å². The number of ether oxygens (including phenoxy) is 4. The maximum atomic E-state index is 10.7. The molecule has 1 unspecified atom stereocenters. The predicted octanol–water partition coefficient (Wildman–Crippen LogP) is 1.73. The van der Waals surface area contributed by atoms with Crippen molar-refractivity contribution in [1.82, 2.24) is 0 Å². The molecule has 1 fully saturated rings. The number of rotatable bonds is 8. The molecule has 8 nitrogen and oxygen atoms in total. The number of hydrogen-bond donors (Lipinski definition) is 1. The molecule has 0 aromatic carbocycles. The molecule has 0 radical (unpaired) electrons. The second-order valence-electron chi connectivity index (χ2n) is 5.60. The maximum Gasteiger partial charge on any atom is 0.333 e. The fraction of sp³-hybridized carbons (Fsp3) is 0.526. The van der Waals surface area contributed by atoms with Crippen LogP contribution in [0.4, 0.5) is 0 Å². The van der Waals surface area contributed by atoms with Gasteiger partial charge in [-0.3, -0.25) is 0 Å². The minimum atomic E-state index is -0.395. The molecule has 1 N–H and O–H groups in total. The van der Waals surface area contributed by atoms with Crippen molar-refractivity contribution in [3.63, 3.8) is 0 Å². The molecule has 1 saturated heterocycles. The van der Waals surface area contributed by atoms with Crippen LogP contribution in [0.2, 0.25) is 0 Å². The van der Waals surface area contributed by atoms with Gasteiger partial charge in [-0.1, -0.05) is 19.7 Å². The van der Waals surface area contributed by atoms with Gasteiger partial charge in [0.1, 0.15) is 12.7 Å². The van der Waals surface area contributed by atoms with Gasteiger partial charge >= 0.3 is 17.9 Å². The zero-order valence-corrected chi connectivity index (χ0v) is 16.5. The average molecular weight is 386 g/mol. The zero-order valence-electron chi connectivity index (χ0n) is 16.5. The summed E-state index contributed by atoms with van der Waals surface area (Å²) >= 11 is 0. The molecule has 1 heterocycles. The Balaban J connectivity index is 0. The molecule has 0 aromatic rings. The Morgan fingerprint density at radius 1 is 0.963 bits per heavy atom.